The van der Waals surface area contributed by atoms with Crippen LogP contribution < -0.4 is 4.90 Å². The first-order valence-electron chi connectivity index (χ1n) is 12.9. The van der Waals surface area contributed by atoms with E-state index in [1.807, 2.05) is 0 Å². The van der Waals surface area contributed by atoms with Crippen molar-refractivity contribution in [3.05, 3.63) is 58.5 Å². The molecule has 4 heterocycles. The van der Waals surface area contributed by atoms with Crippen molar-refractivity contribution < 1.29 is 31.9 Å². The predicted molar refractivity (Wildman–Crippen MR) is 137 cm³/mol. The number of rotatable bonds is 3. The van der Waals surface area contributed by atoms with Crippen LogP contribution >= 0.6 is 11.6 Å². The van der Waals surface area contributed by atoms with Crippen molar-refractivity contribution in [2.24, 2.45) is 0 Å². The van der Waals surface area contributed by atoms with Gasteiger partial charge in [-0.15, -0.1) is 0 Å². The van der Waals surface area contributed by atoms with E-state index in [4.69, 9.17) is 11.6 Å². The van der Waals surface area contributed by atoms with Crippen LogP contribution in [0.2, 0.25) is 5.02 Å². The van der Waals surface area contributed by atoms with Gasteiger partial charge in [0.25, 0.3) is 5.91 Å². The minimum atomic E-state index is -4.58. The molecule has 13 heteroatoms. The number of carbonyl (C=O) groups excluding carboxylic acids is 3. The van der Waals surface area contributed by atoms with Gasteiger partial charge in [0.2, 0.25) is 11.8 Å². The first-order valence-corrected chi connectivity index (χ1v) is 13.3. The van der Waals surface area contributed by atoms with E-state index >= 15 is 0 Å². The number of benzene rings is 2. The highest BCUT2D eigenvalue weighted by Gasteiger charge is 2.55. The molecule has 3 aromatic rings. The Morgan fingerprint density at radius 1 is 1.12 bits per heavy atom. The fourth-order valence-corrected chi connectivity index (χ4v) is 6.64. The molecule has 210 valence electrons. The van der Waals surface area contributed by atoms with Crippen molar-refractivity contribution in [2.75, 3.05) is 31.1 Å². The first-order chi connectivity index (χ1) is 19.0. The van der Waals surface area contributed by atoms with E-state index in [0.717, 1.165) is 26.8 Å². The highest BCUT2D eigenvalue weighted by molar-refractivity contribution is 6.33. The van der Waals surface area contributed by atoms with Crippen molar-refractivity contribution in [1.29, 1.82) is 0 Å². The van der Waals surface area contributed by atoms with E-state index in [2.05, 4.69) is 10.2 Å². The molecule has 1 N–H and O–H groups in total. The average Bonchev–Trinajstić information content (AvgIpc) is 3.66. The molecule has 40 heavy (non-hydrogen) atoms. The third-order valence-electron chi connectivity index (χ3n) is 8.33. The predicted octanol–water partition coefficient (Wildman–Crippen LogP) is 4.43. The molecule has 3 amide bonds. The van der Waals surface area contributed by atoms with Gasteiger partial charge in [-0.05, 0) is 56.0 Å². The van der Waals surface area contributed by atoms with Gasteiger partial charge >= 0.3 is 6.18 Å². The van der Waals surface area contributed by atoms with Crippen LogP contribution in [0.25, 0.3) is 10.9 Å². The van der Waals surface area contributed by atoms with Crippen LogP contribution in [0, 0.1) is 5.82 Å². The molecule has 1 unspecified atom stereocenters. The molecule has 1 aromatic heterocycles. The van der Waals surface area contributed by atoms with E-state index < -0.39 is 41.8 Å². The SMILES string of the molecule is O=C(c1ccc2[nH]ncc2c1)N1CCC2(CC1)C(=O)N(CC(=O)N1CCCC1C(F)(F)F)c1ccc(F)c(Cl)c12. The number of nitrogens with zero attached hydrogens (tertiary/aromatic N) is 4. The molecule has 0 bridgehead atoms. The van der Waals surface area contributed by atoms with Crippen LogP contribution in [0.5, 0.6) is 0 Å². The smallest absolute Gasteiger partial charge is 0.339 e. The average molecular weight is 578 g/mol. The summed E-state index contributed by atoms with van der Waals surface area (Å²) in [7, 11) is 0. The number of likely N-dealkylation sites (tertiary alicyclic amines) is 2. The molecule has 8 nitrogen and oxygen atoms in total. The van der Waals surface area contributed by atoms with Gasteiger partial charge in [0.15, 0.2) is 0 Å². The lowest BCUT2D eigenvalue weighted by molar-refractivity contribution is -0.182. The van der Waals surface area contributed by atoms with Gasteiger partial charge in [0.1, 0.15) is 18.4 Å². The Hall–Kier alpha value is -3.67. The number of aromatic amines is 1. The second-order valence-electron chi connectivity index (χ2n) is 10.5. The quantitative estimate of drug-likeness (QED) is 0.467. The Bertz CT molecular complexity index is 1530. The molecule has 2 fully saturated rings. The molecule has 1 spiro atoms. The van der Waals surface area contributed by atoms with E-state index in [1.165, 1.54) is 6.07 Å². The van der Waals surface area contributed by atoms with Crippen LogP contribution in [-0.2, 0) is 15.0 Å². The molecule has 0 radical (unpaired) electrons. The summed E-state index contributed by atoms with van der Waals surface area (Å²) in [4.78, 5) is 43.7. The molecule has 6 rings (SSSR count). The number of alkyl halides is 3. The topological polar surface area (TPSA) is 89.6 Å². The summed E-state index contributed by atoms with van der Waals surface area (Å²) in [5.41, 5.74) is 0.340. The Kier molecular flexibility index (Phi) is 6.28. The van der Waals surface area contributed by atoms with Crippen LogP contribution in [0.1, 0.15) is 41.6 Å². The minimum Gasteiger partial charge on any atom is -0.339 e. The molecule has 3 aliphatic rings. The number of aromatic nitrogens is 2. The van der Waals surface area contributed by atoms with Gasteiger partial charge in [-0.2, -0.15) is 18.3 Å². The second-order valence-corrected chi connectivity index (χ2v) is 10.9. The summed E-state index contributed by atoms with van der Waals surface area (Å²) in [5.74, 6) is -2.35. The van der Waals surface area contributed by atoms with Gasteiger partial charge in [0, 0.05) is 36.1 Å². The van der Waals surface area contributed by atoms with Crippen molar-refractivity contribution in [3.63, 3.8) is 0 Å². The zero-order valence-electron chi connectivity index (χ0n) is 21.1. The maximum absolute atomic E-state index is 14.6. The monoisotopic (exact) mass is 577 g/mol. The number of halogens is 5. The summed E-state index contributed by atoms with van der Waals surface area (Å²) in [6.45, 7) is -0.362. The third-order valence-corrected chi connectivity index (χ3v) is 8.70. The zero-order chi connectivity index (χ0) is 28.4. The standard InChI is InChI=1S/C27H24ClF4N5O3/c28-23-17(29)4-6-19-22(23)26(25(40)37(19)14-21(38)36-9-1-2-20(36)27(30,31)32)7-10-35(11-8-26)24(39)15-3-5-18-16(12-15)13-33-34-18/h3-6,12-13,20H,1-2,7-11,14H2,(H,33,34). The maximum Gasteiger partial charge on any atom is 0.408 e. The molecule has 2 saturated heterocycles. The van der Waals surface area contributed by atoms with Crippen LogP contribution in [0.3, 0.4) is 0 Å². The lowest BCUT2D eigenvalue weighted by atomic mass is 9.73. The van der Waals surface area contributed by atoms with Crippen LogP contribution in [0.4, 0.5) is 23.2 Å². The highest BCUT2D eigenvalue weighted by atomic mass is 35.5. The molecule has 3 aliphatic heterocycles. The lowest BCUT2D eigenvalue weighted by Crippen LogP contribution is -2.53. The fraction of sp³-hybridized carbons (Fsp3) is 0.407. The second kappa shape index (κ2) is 9.46. The van der Waals surface area contributed by atoms with Crippen LogP contribution in [0.15, 0.2) is 36.5 Å². The van der Waals surface area contributed by atoms with Gasteiger partial charge in [-0.1, -0.05) is 11.6 Å². The number of H-pyrrole nitrogens is 1. The number of hydrogen-bond donors (Lipinski definition) is 1. The molecule has 1 atom stereocenters. The van der Waals surface area contributed by atoms with Crippen molar-refractivity contribution >= 4 is 45.9 Å². The fourth-order valence-electron chi connectivity index (χ4n) is 6.30. The van der Waals surface area contributed by atoms with Gasteiger partial charge in [-0.25, -0.2) is 4.39 Å². The van der Waals surface area contributed by atoms with E-state index in [1.54, 1.807) is 29.3 Å². The number of fused-ring (bicyclic) bond motifs is 3. The Morgan fingerprint density at radius 2 is 1.88 bits per heavy atom. The van der Waals surface area contributed by atoms with Crippen molar-refractivity contribution in [3.8, 4) is 0 Å². The normalized spacial score (nSPS) is 20.6. The summed E-state index contributed by atoms with van der Waals surface area (Å²) in [6, 6.07) is 5.64. The molecule has 0 saturated carbocycles. The number of hydrogen-bond acceptors (Lipinski definition) is 4. The number of piperidine rings is 1. The third kappa shape index (κ3) is 4.11. The van der Waals surface area contributed by atoms with Crippen molar-refractivity contribution in [1.82, 2.24) is 20.0 Å². The highest BCUT2D eigenvalue weighted by Crippen LogP contribution is 2.51. The molecular formula is C27H24ClF4N5O3. The molecule has 2 aromatic carbocycles. The lowest BCUT2D eigenvalue weighted by Gasteiger charge is -2.39. The van der Waals surface area contributed by atoms with E-state index in [0.29, 0.717) is 5.56 Å². The van der Waals surface area contributed by atoms with Gasteiger partial charge < -0.3 is 14.7 Å². The maximum atomic E-state index is 14.6. The summed E-state index contributed by atoms with van der Waals surface area (Å²) >= 11 is 6.39. The number of anilines is 1. The summed E-state index contributed by atoms with van der Waals surface area (Å²) in [5, 5.41) is 7.29. The van der Waals surface area contributed by atoms with Crippen LogP contribution in [-0.4, -0.2) is 76.1 Å². The Morgan fingerprint density at radius 3 is 2.60 bits per heavy atom. The molecule has 0 aliphatic carbocycles. The Labute approximate surface area is 230 Å². The number of nitrogens with one attached hydrogen (secondary N) is 1. The summed E-state index contributed by atoms with van der Waals surface area (Å²) < 4.78 is 55.1. The van der Waals surface area contributed by atoms with E-state index in [9.17, 15) is 31.9 Å². The zero-order valence-corrected chi connectivity index (χ0v) is 21.9. The number of amides is 3. The number of carbonyl (C=O) groups is 3. The first kappa shape index (κ1) is 26.5. The molecular weight excluding hydrogens is 554 g/mol. The summed E-state index contributed by atoms with van der Waals surface area (Å²) in [6.07, 6.45) is -2.73. The Balaban J connectivity index is 1.26. The minimum absolute atomic E-state index is 0.0606. The largest absolute Gasteiger partial charge is 0.408 e. The van der Waals surface area contributed by atoms with Gasteiger partial charge in [0.05, 0.1) is 27.8 Å². The van der Waals surface area contributed by atoms with E-state index in [-0.39, 0.29) is 67.5 Å². The van der Waals surface area contributed by atoms with Gasteiger partial charge in [-0.3, -0.25) is 19.5 Å². The van der Waals surface area contributed by atoms with Crippen molar-refractivity contribution in [2.45, 2.75) is 43.3 Å².